The van der Waals surface area contributed by atoms with Crippen LogP contribution in [0.5, 0.6) is 0 Å². The van der Waals surface area contributed by atoms with Crippen LogP contribution in [0.25, 0.3) is 0 Å². The number of nitrogens with two attached hydrogens (primary N) is 1. The van der Waals surface area contributed by atoms with E-state index in [0.29, 0.717) is 0 Å². The number of hydrogen-bond donors (Lipinski definition) is 2. The van der Waals surface area contributed by atoms with Gasteiger partial charge in [0.2, 0.25) is 0 Å². The van der Waals surface area contributed by atoms with E-state index in [-0.39, 0.29) is 12.4 Å². The molecule has 0 aromatic rings. The molecule has 3 N–H and O–H groups in total. The third-order valence-corrected chi connectivity index (χ3v) is 1.67. The topological polar surface area (TPSA) is 38.0 Å². The Morgan fingerprint density at radius 2 is 1.55 bits per heavy atom. The number of hydrogen-bond acceptors (Lipinski definition) is 2. The van der Waals surface area contributed by atoms with E-state index >= 15 is 0 Å². The van der Waals surface area contributed by atoms with Crippen molar-refractivity contribution in [3.05, 3.63) is 0 Å². The number of hydrazine groups is 1. The van der Waals surface area contributed by atoms with Gasteiger partial charge in [0.15, 0.2) is 0 Å². The third-order valence-electron chi connectivity index (χ3n) is 1.67. The minimum Gasteiger partial charge on any atom is -0.271 e. The first-order chi connectivity index (χ1) is 4.91. The predicted octanol–water partition coefficient (Wildman–Crippen LogP) is 2.23. The van der Waals surface area contributed by atoms with Crippen LogP contribution >= 0.6 is 12.4 Å². The Morgan fingerprint density at radius 3 is 2.09 bits per heavy atom. The van der Waals surface area contributed by atoms with Gasteiger partial charge in [0.05, 0.1) is 0 Å². The molecule has 0 rings (SSSR count). The van der Waals surface area contributed by atoms with Crippen LogP contribution in [0.2, 0.25) is 0 Å². The quantitative estimate of drug-likeness (QED) is 0.358. The summed E-state index contributed by atoms with van der Waals surface area (Å²) in [7, 11) is 0. The molecule has 0 saturated carbocycles. The summed E-state index contributed by atoms with van der Waals surface area (Å²) in [4.78, 5) is 0. The van der Waals surface area contributed by atoms with Gasteiger partial charge in [-0.1, -0.05) is 39.0 Å². The molecule has 0 aromatic carbocycles. The molecule has 0 unspecified atom stereocenters. The first-order valence-corrected chi connectivity index (χ1v) is 4.35. The Labute approximate surface area is 76.3 Å². The Hall–Kier alpha value is 0.210. The third kappa shape index (κ3) is 13.2. The van der Waals surface area contributed by atoms with E-state index < -0.39 is 0 Å². The van der Waals surface area contributed by atoms with Gasteiger partial charge in [-0.05, 0) is 6.42 Å². The normalized spacial score (nSPS) is 9.27. The molecule has 0 heterocycles. The van der Waals surface area contributed by atoms with Crippen LogP contribution in [-0.2, 0) is 0 Å². The Bertz CT molecular complexity index is 52.1. The molecule has 0 spiro atoms. The van der Waals surface area contributed by atoms with Gasteiger partial charge < -0.3 is 0 Å². The Kier molecular flexibility index (Phi) is 16.1. The zero-order valence-electron chi connectivity index (χ0n) is 7.44. The van der Waals surface area contributed by atoms with E-state index in [9.17, 15) is 0 Å². The Morgan fingerprint density at radius 1 is 1.00 bits per heavy atom. The fourth-order valence-electron chi connectivity index (χ4n) is 1.01. The van der Waals surface area contributed by atoms with E-state index in [2.05, 4.69) is 12.3 Å². The van der Waals surface area contributed by atoms with E-state index in [4.69, 9.17) is 5.84 Å². The summed E-state index contributed by atoms with van der Waals surface area (Å²) < 4.78 is 0. The van der Waals surface area contributed by atoms with Gasteiger partial charge in [-0.25, -0.2) is 0 Å². The van der Waals surface area contributed by atoms with E-state index in [1.54, 1.807) is 0 Å². The van der Waals surface area contributed by atoms with Crippen LogP contribution in [0.1, 0.15) is 45.4 Å². The van der Waals surface area contributed by atoms with Crippen LogP contribution in [0.3, 0.4) is 0 Å². The van der Waals surface area contributed by atoms with Crippen molar-refractivity contribution in [2.45, 2.75) is 45.4 Å². The maximum Gasteiger partial charge on any atom is 0.00974 e. The predicted molar refractivity (Wildman–Crippen MR) is 52.8 cm³/mol. The lowest BCUT2D eigenvalue weighted by atomic mass is 10.1. The number of nitrogens with one attached hydrogen (secondary N) is 1. The largest absolute Gasteiger partial charge is 0.271 e. The van der Waals surface area contributed by atoms with Gasteiger partial charge in [0.25, 0.3) is 0 Å². The van der Waals surface area contributed by atoms with Gasteiger partial charge in [-0.15, -0.1) is 12.4 Å². The molecule has 0 fully saturated rings. The summed E-state index contributed by atoms with van der Waals surface area (Å²) in [6.07, 6.45) is 8.02. The monoisotopic (exact) mass is 180 g/mol. The van der Waals surface area contributed by atoms with Crippen molar-refractivity contribution in [1.82, 2.24) is 5.43 Å². The molecule has 11 heavy (non-hydrogen) atoms. The lowest BCUT2D eigenvalue weighted by Gasteiger charge is -1.98. The molecule has 70 valence electrons. The van der Waals surface area contributed by atoms with Crippen molar-refractivity contribution in [3.63, 3.8) is 0 Å². The molecular weight excluding hydrogens is 160 g/mol. The molecule has 0 aliphatic rings. The standard InChI is InChI=1S/C8H20N2.ClH/c1-2-3-4-5-6-7-8-10-9;/h10H,2-9H2,1H3;1H. The van der Waals surface area contributed by atoms with Crippen LogP contribution in [0, 0.1) is 0 Å². The van der Waals surface area contributed by atoms with Crippen LogP contribution in [0.4, 0.5) is 0 Å². The number of unbranched alkanes of at least 4 members (excludes halogenated alkanes) is 5. The maximum absolute atomic E-state index is 5.12. The number of rotatable bonds is 7. The zero-order valence-corrected chi connectivity index (χ0v) is 8.25. The average molecular weight is 181 g/mol. The SMILES string of the molecule is CCCCCCCCNN.Cl. The fraction of sp³-hybridized carbons (Fsp3) is 1.00. The van der Waals surface area contributed by atoms with E-state index in [1.165, 1.54) is 38.5 Å². The lowest BCUT2D eigenvalue weighted by Crippen LogP contribution is -2.22. The molecule has 2 nitrogen and oxygen atoms in total. The summed E-state index contributed by atoms with van der Waals surface area (Å²) in [5, 5.41) is 0. The van der Waals surface area contributed by atoms with Crippen molar-refractivity contribution in [2.75, 3.05) is 6.54 Å². The van der Waals surface area contributed by atoms with Crippen LogP contribution in [0.15, 0.2) is 0 Å². The highest BCUT2D eigenvalue weighted by Gasteiger charge is 1.87. The molecule has 0 saturated heterocycles. The maximum atomic E-state index is 5.12. The molecule has 0 aliphatic heterocycles. The highest BCUT2D eigenvalue weighted by Crippen LogP contribution is 2.03. The molecule has 0 bridgehead atoms. The first kappa shape index (κ1) is 13.8. The second-order valence-corrected chi connectivity index (χ2v) is 2.72. The highest BCUT2D eigenvalue weighted by molar-refractivity contribution is 5.85. The Balaban J connectivity index is 0. The molecule has 0 aromatic heterocycles. The van der Waals surface area contributed by atoms with Gasteiger partial charge in [0, 0.05) is 6.54 Å². The van der Waals surface area contributed by atoms with Gasteiger partial charge in [-0.2, -0.15) is 0 Å². The summed E-state index contributed by atoms with van der Waals surface area (Å²) >= 11 is 0. The summed E-state index contributed by atoms with van der Waals surface area (Å²) in [6.45, 7) is 3.20. The second kappa shape index (κ2) is 12.8. The van der Waals surface area contributed by atoms with Gasteiger partial charge >= 0.3 is 0 Å². The number of halogens is 1. The van der Waals surface area contributed by atoms with Crippen LogP contribution < -0.4 is 11.3 Å². The van der Waals surface area contributed by atoms with Gasteiger partial charge in [-0.3, -0.25) is 11.3 Å². The summed E-state index contributed by atoms with van der Waals surface area (Å²) in [6, 6.07) is 0. The van der Waals surface area contributed by atoms with Gasteiger partial charge in [0.1, 0.15) is 0 Å². The molecule has 0 radical (unpaired) electrons. The van der Waals surface area contributed by atoms with Crippen molar-refractivity contribution in [3.8, 4) is 0 Å². The highest BCUT2D eigenvalue weighted by atomic mass is 35.5. The van der Waals surface area contributed by atoms with Crippen molar-refractivity contribution < 1.29 is 0 Å². The van der Waals surface area contributed by atoms with Crippen molar-refractivity contribution in [2.24, 2.45) is 5.84 Å². The minimum atomic E-state index is 0. The summed E-state index contributed by atoms with van der Waals surface area (Å²) in [5.74, 6) is 5.12. The minimum absolute atomic E-state index is 0. The molecule has 0 aliphatic carbocycles. The summed E-state index contributed by atoms with van der Waals surface area (Å²) in [5.41, 5.74) is 2.66. The van der Waals surface area contributed by atoms with E-state index in [1.807, 2.05) is 0 Å². The van der Waals surface area contributed by atoms with Crippen molar-refractivity contribution >= 4 is 12.4 Å². The van der Waals surface area contributed by atoms with Crippen LogP contribution in [-0.4, -0.2) is 6.54 Å². The molecular formula is C8H21ClN2. The smallest absolute Gasteiger partial charge is 0.00974 e. The second-order valence-electron chi connectivity index (χ2n) is 2.72. The first-order valence-electron chi connectivity index (χ1n) is 4.35. The van der Waals surface area contributed by atoms with Crippen molar-refractivity contribution in [1.29, 1.82) is 0 Å². The molecule has 3 heteroatoms. The molecule has 0 amide bonds. The average Bonchev–Trinajstić information content (AvgIpc) is 1.97. The molecule has 0 atom stereocenters. The lowest BCUT2D eigenvalue weighted by molar-refractivity contribution is 0.581. The van der Waals surface area contributed by atoms with E-state index in [0.717, 1.165) is 6.54 Å². The fourth-order valence-corrected chi connectivity index (χ4v) is 1.01. The zero-order chi connectivity index (χ0) is 7.66.